The topological polar surface area (TPSA) is 63.5 Å². The summed E-state index contributed by atoms with van der Waals surface area (Å²) in [5.41, 5.74) is 1.07. The first-order valence-corrected chi connectivity index (χ1v) is 6.68. The lowest BCUT2D eigenvalue weighted by Crippen LogP contribution is -2.19. The maximum Gasteiger partial charge on any atom is 0.127 e. The highest BCUT2D eigenvalue weighted by Crippen LogP contribution is 2.25. The Bertz CT molecular complexity index is 430. The summed E-state index contributed by atoms with van der Waals surface area (Å²) in [5, 5.41) is 11.8. The van der Waals surface area contributed by atoms with Crippen molar-refractivity contribution in [2.24, 2.45) is 0 Å². The van der Waals surface area contributed by atoms with Crippen LogP contribution in [-0.4, -0.2) is 34.0 Å². The zero-order valence-corrected chi connectivity index (χ0v) is 12.1. The highest BCUT2D eigenvalue weighted by atomic mass is 16.5. The minimum absolute atomic E-state index is 0.505. The van der Waals surface area contributed by atoms with E-state index in [1.54, 1.807) is 14.2 Å². The third-order valence-electron chi connectivity index (χ3n) is 2.76. The van der Waals surface area contributed by atoms with Crippen molar-refractivity contribution in [3.63, 3.8) is 0 Å². The quantitative estimate of drug-likeness (QED) is 0.664. The highest BCUT2D eigenvalue weighted by molar-refractivity contribution is 5.40. The molecule has 5 nitrogen and oxygen atoms in total. The maximum absolute atomic E-state index is 8.52. The van der Waals surface area contributed by atoms with Crippen LogP contribution in [0.5, 0.6) is 11.5 Å². The second kappa shape index (κ2) is 10.1. The van der Waals surface area contributed by atoms with Gasteiger partial charge in [0.05, 0.1) is 26.4 Å². The van der Waals surface area contributed by atoms with E-state index in [-0.39, 0.29) is 0 Å². The summed E-state index contributed by atoms with van der Waals surface area (Å²) < 4.78 is 15.9. The Balaban J connectivity index is 2.58. The summed E-state index contributed by atoms with van der Waals surface area (Å²) in [4.78, 5) is 0. The van der Waals surface area contributed by atoms with Crippen molar-refractivity contribution in [3.8, 4) is 17.6 Å². The molecular formula is C15H22N2O3. The van der Waals surface area contributed by atoms with Crippen LogP contribution in [0.2, 0.25) is 0 Å². The van der Waals surface area contributed by atoms with Crippen LogP contribution in [0.25, 0.3) is 0 Å². The third-order valence-corrected chi connectivity index (χ3v) is 2.76. The van der Waals surface area contributed by atoms with E-state index in [2.05, 4.69) is 11.4 Å². The van der Waals surface area contributed by atoms with Gasteiger partial charge < -0.3 is 19.5 Å². The summed E-state index contributed by atoms with van der Waals surface area (Å²) >= 11 is 0. The molecule has 5 heteroatoms. The average molecular weight is 278 g/mol. The van der Waals surface area contributed by atoms with Gasteiger partial charge in [0.15, 0.2) is 0 Å². The Kier molecular flexibility index (Phi) is 8.20. The lowest BCUT2D eigenvalue weighted by atomic mass is 10.2. The predicted octanol–water partition coefficient (Wildman–Crippen LogP) is 2.11. The third kappa shape index (κ3) is 5.91. The number of hydrogen-bond donors (Lipinski definition) is 1. The number of methoxy groups -OCH3 is 2. The van der Waals surface area contributed by atoms with E-state index in [0.29, 0.717) is 26.2 Å². The predicted molar refractivity (Wildman–Crippen MR) is 76.9 cm³/mol. The number of rotatable bonds is 10. The van der Waals surface area contributed by atoms with Crippen molar-refractivity contribution >= 4 is 0 Å². The van der Waals surface area contributed by atoms with Gasteiger partial charge in [-0.05, 0) is 12.5 Å². The van der Waals surface area contributed by atoms with Gasteiger partial charge in [-0.15, -0.1) is 0 Å². The normalized spacial score (nSPS) is 10.1. The van der Waals surface area contributed by atoms with Crippen LogP contribution in [-0.2, 0) is 11.3 Å². The first kappa shape index (κ1) is 16.3. The Morgan fingerprint density at radius 2 is 2.10 bits per heavy atom. The Labute approximate surface area is 120 Å². The molecule has 20 heavy (non-hydrogen) atoms. The second-order valence-electron chi connectivity index (χ2n) is 4.25. The van der Waals surface area contributed by atoms with E-state index < -0.39 is 0 Å². The molecule has 0 fully saturated rings. The molecule has 0 aliphatic carbocycles. The second-order valence-corrected chi connectivity index (χ2v) is 4.25. The largest absolute Gasteiger partial charge is 0.497 e. The van der Waals surface area contributed by atoms with Crippen molar-refractivity contribution in [2.45, 2.75) is 19.4 Å². The van der Waals surface area contributed by atoms with Gasteiger partial charge in [-0.2, -0.15) is 5.26 Å². The van der Waals surface area contributed by atoms with Gasteiger partial charge in [0, 0.05) is 38.2 Å². The number of nitrogens with zero attached hydrogens (tertiary/aromatic N) is 1. The van der Waals surface area contributed by atoms with E-state index in [9.17, 15) is 0 Å². The van der Waals surface area contributed by atoms with E-state index in [0.717, 1.165) is 30.0 Å². The SMILES string of the molecule is COCCNCc1ccc(OC)cc1OCCCC#N. The van der Waals surface area contributed by atoms with E-state index in [1.807, 2.05) is 18.2 Å². The highest BCUT2D eigenvalue weighted by Gasteiger charge is 2.06. The molecule has 0 aromatic heterocycles. The molecule has 1 aromatic rings. The van der Waals surface area contributed by atoms with Gasteiger partial charge >= 0.3 is 0 Å². The van der Waals surface area contributed by atoms with Gasteiger partial charge in [0.2, 0.25) is 0 Å². The molecule has 0 heterocycles. The number of nitriles is 1. The molecule has 0 radical (unpaired) electrons. The minimum atomic E-state index is 0.505. The summed E-state index contributed by atoms with van der Waals surface area (Å²) in [7, 11) is 3.31. The molecule has 0 aliphatic heterocycles. The van der Waals surface area contributed by atoms with Crippen LogP contribution in [0.15, 0.2) is 18.2 Å². The van der Waals surface area contributed by atoms with Gasteiger partial charge in [0.25, 0.3) is 0 Å². The lowest BCUT2D eigenvalue weighted by Gasteiger charge is -2.13. The van der Waals surface area contributed by atoms with Crippen molar-refractivity contribution in [3.05, 3.63) is 23.8 Å². The first-order valence-electron chi connectivity index (χ1n) is 6.68. The number of benzene rings is 1. The fraction of sp³-hybridized carbons (Fsp3) is 0.533. The van der Waals surface area contributed by atoms with Crippen molar-refractivity contribution < 1.29 is 14.2 Å². The minimum Gasteiger partial charge on any atom is -0.497 e. The Morgan fingerprint density at radius 1 is 1.25 bits per heavy atom. The Morgan fingerprint density at radius 3 is 2.80 bits per heavy atom. The van der Waals surface area contributed by atoms with Gasteiger partial charge in [-0.1, -0.05) is 6.07 Å². The molecule has 0 aliphatic rings. The van der Waals surface area contributed by atoms with Crippen molar-refractivity contribution in [1.82, 2.24) is 5.32 Å². The molecule has 1 aromatic carbocycles. The van der Waals surface area contributed by atoms with Crippen LogP contribution in [0.3, 0.4) is 0 Å². The number of nitrogens with one attached hydrogen (secondary N) is 1. The molecule has 0 amide bonds. The molecule has 1 N–H and O–H groups in total. The molecule has 110 valence electrons. The fourth-order valence-corrected chi connectivity index (χ4v) is 1.67. The average Bonchev–Trinajstić information content (AvgIpc) is 2.49. The molecule has 0 saturated carbocycles. The zero-order valence-electron chi connectivity index (χ0n) is 12.1. The number of unbranched alkanes of at least 4 members (excludes halogenated alkanes) is 1. The van der Waals surface area contributed by atoms with Gasteiger partial charge in [0.1, 0.15) is 11.5 Å². The Hall–Kier alpha value is -1.77. The lowest BCUT2D eigenvalue weighted by molar-refractivity contribution is 0.199. The monoisotopic (exact) mass is 278 g/mol. The van der Waals surface area contributed by atoms with E-state index in [1.165, 1.54) is 0 Å². The summed E-state index contributed by atoms with van der Waals surface area (Å²) in [6, 6.07) is 7.88. The maximum atomic E-state index is 8.52. The van der Waals surface area contributed by atoms with Gasteiger partial charge in [-0.3, -0.25) is 0 Å². The molecule has 0 atom stereocenters. The molecule has 0 unspecified atom stereocenters. The standard InChI is InChI=1S/C15H22N2O3/c1-18-10-8-17-12-13-5-6-14(19-2)11-15(13)20-9-4-3-7-16/h5-6,11,17H,3-4,8-10,12H2,1-2H3. The summed E-state index contributed by atoms with van der Waals surface area (Å²) in [6.45, 7) is 2.71. The summed E-state index contributed by atoms with van der Waals surface area (Å²) in [6.07, 6.45) is 1.23. The first-order chi connectivity index (χ1) is 9.81. The molecule has 0 bridgehead atoms. The summed E-state index contributed by atoms with van der Waals surface area (Å²) in [5.74, 6) is 1.56. The number of hydrogen-bond acceptors (Lipinski definition) is 5. The number of ether oxygens (including phenoxy) is 3. The molecular weight excluding hydrogens is 256 g/mol. The van der Waals surface area contributed by atoms with E-state index >= 15 is 0 Å². The molecule has 1 rings (SSSR count). The molecule has 0 saturated heterocycles. The van der Waals surface area contributed by atoms with Crippen molar-refractivity contribution in [2.75, 3.05) is 34.0 Å². The zero-order chi connectivity index (χ0) is 14.6. The van der Waals surface area contributed by atoms with Crippen LogP contribution in [0.4, 0.5) is 0 Å². The smallest absolute Gasteiger partial charge is 0.127 e. The van der Waals surface area contributed by atoms with E-state index in [4.69, 9.17) is 19.5 Å². The van der Waals surface area contributed by atoms with Crippen LogP contribution in [0.1, 0.15) is 18.4 Å². The van der Waals surface area contributed by atoms with Crippen LogP contribution in [0, 0.1) is 11.3 Å². The van der Waals surface area contributed by atoms with Crippen LogP contribution < -0.4 is 14.8 Å². The van der Waals surface area contributed by atoms with Gasteiger partial charge in [-0.25, -0.2) is 0 Å². The molecule has 0 spiro atoms. The van der Waals surface area contributed by atoms with Crippen molar-refractivity contribution in [1.29, 1.82) is 5.26 Å². The fourth-order valence-electron chi connectivity index (χ4n) is 1.67. The van der Waals surface area contributed by atoms with Crippen LogP contribution >= 0.6 is 0 Å².